The van der Waals surface area contributed by atoms with Crippen LogP contribution < -0.4 is 0 Å². The second-order valence-electron chi connectivity index (χ2n) is 5.18. The summed E-state index contributed by atoms with van der Waals surface area (Å²) >= 11 is 0. The van der Waals surface area contributed by atoms with Gasteiger partial charge >= 0.3 is 6.09 Å². The summed E-state index contributed by atoms with van der Waals surface area (Å²) in [5, 5.41) is 16.1. The Morgan fingerprint density at radius 3 is 2.88 bits per heavy atom. The zero-order chi connectivity index (χ0) is 17.4. The average molecular weight is 325 g/mol. The summed E-state index contributed by atoms with van der Waals surface area (Å²) in [4.78, 5) is 27.2. The van der Waals surface area contributed by atoms with Gasteiger partial charge in [-0.3, -0.25) is 4.98 Å². The second-order valence-corrected chi connectivity index (χ2v) is 5.18. The zero-order valence-electron chi connectivity index (χ0n) is 13.4. The van der Waals surface area contributed by atoms with Crippen molar-refractivity contribution in [3.05, 3.63) is 42.1 Å². The van der Waals surface area contributed by atoms with Crippen LogP contribution in [0.2, 0.25) is 0 Å². The summed E-state index contributed by atoms with van der Waals surface area (Å²) in [6.45, 7) is 2.03. The van der Waals surface area contributed by atoms with Gasteiger partial charge in [-0.25, -0.2) is 14.8 Å². The van der Waals surface area contributed by atoms with Crippen molar-refractivity contribution in [2.45, 2.75) is 32.6 Å². The first-order valence-corrected chi connectivity index (χ1v) is 7.71. The summed E-state index contributed by atoms with van der Waals surface area (Å²) in [6, 6.07) is 5.41. The Morgan fingerprint density at radius 1 is 1.33 bits per heavy atom. The van der Waals surface area contributed by atoms with Gasteiger partial charge in [0, 0.05) is 30.1 Å². The maximum absolute atomic E-state index is 11.0. The van der Waals surface area contributed by atoms with E-state index in [1.165, 1.54) is 12.5 Å². The molecule has 0 aromatic carbocycles. The fraction of sp³-hybridized carbons (Fsp3) is 0.294. The number of nitrogens with one attached hydrogen (secondary N) is 1. The fourth-order valence-corrected chi connectivity index (χ4v) is 2.23. The third-order valence-electron chi connectivity index (χ3n) is 3.38. The molecule has 7 heteroatoms. The fourth-order valence-electron chi connectivity index (χ4n) is 2.23. The number of hydrogen-bond acceptors (Lipinski definition) is 5. The molecule has 0 radical (unpaired) electrons. The molecule has 124 valence electrons. The highest BCUT2D eigenvalue weighted by Gasteiger charge is 2.10. The second kappa shape index (κ2) is 8.61. The van der Waals surface area contributed by atoms with Gasteiger partial charge in [-0.15, -0.1) is 0 Å². The quantitative estimate of drug-likeness (QED) is 0.758. The molecule has 0 saturated heterocycles. The summed E-state index contributed by atoms with van der Waals surface area (Å²) < 4.78 is 0. The average Bonchev–Trinajstić information content (AvgIpc) is 2.59. The Morgan fingerprint density at radius 2 is 2.17 bits per heavy atom. The van der Waals surface area contributed by atoms with Crippen LogP contribution in [0.15, 0.2) is 35.7 Å². The largest absolute Gasteiger partial charge is 0.463 e. The van der Waals surface area contributed by atoms with Gasteiger partial charge in [-0.2, -0.15) is 4.99 Å². The summed E-state index contributed by atoms with van der Waals surface area (Å²) in [5.41, 5.74) is 3.25. The molecule has 7 nitrogen and oxygen atoms in total. The molecule has 0 saturated carbocycles. The third kappa shape index (κ3) is 4.77. The van der Waals surface area contributed by atoms with Crippen LogP contribution in [0.3, 0.4) is 0 Å². The molecule has 2 rings (SSSR count). The van der Waals surface area contributed by atoms with Crippen molar-refractivity contribution in [3.8, 4) is 11.3 Å². The number of nitrogens with zero attached hydrogens (tertiary/aromatic N) is 4. The van der Waals surface area contributed by atoms with Crippen LogP contribution in [0.4, 0.5) is 4.79 Å². The van der Waals surface area contributed by atoms with E-state index in [1.54, 1.807) is 12.3 Å². The number of aliphatic imine (C=N–C) groups is 1. The molecular weight excluding hydrogens is 306 g/mol. The van der Waals surface area contributed by atoms with Crippen molar-refractivity contribution >= 4 is 18.0 Å². The minimum absolute atomic E-state index is 0.446. The van der Waals surface area contributed by atoms with Gasteiger partial charge in [0.05, 0.1) is 17.1 Å². The van der Waals surface area contributed by atoms with Crippen molar-refractivity contribution in [2.75, 3.05) is 0 Å². The summed E-state index contributed by atoms with van der Waals surface area (Å²) in [7, 11) is 0. The maximum atomic E-state index is 11.0. The van der Waals surface area contributed by atoms with E-state index >= 15 is 0 Å². The number of aromatic nitrogens is 3. The van der Waals surface area contributed by atoms with Crippen LogP contribution in [0.1, 0.15) is 37.6 Å². The molecule has 0 aliphatic rings. The van der Waals surface area contributed by atoms with E-state index in [0.29, 0.717) is 29.9 Å². The first-order valence-electron chi connectivity index (χ1n) is 7.71. The molecular formula is C17H19N5O2. The van der Waals surface area contributed by atoms with E-state index < -0.39 is 6.09 Å². The lowest BCUT2D eigenvalue weighted by molar-refractivity contribution is 0.205. The van der Waals surface area contributed by atoms with Crippen LogP contribution in [-0.4, -0.2) is 38.1 Å². The number of rotatable bonds is 7. The summed E-state index contributed by atoms with van der Waals surface area (Å²) in [6.07, 6.45) is 5.92. The molecule has 2 heterocycles. The van der Waals surface area contributed by atoms with Crippen molar-refractivity contribution in [2.24, 2.45) is 4.99 Å². The lowest BCUT2D eigenvalue weighted by Gasteiger charge is -2.07. The highest BCUT2D eigenvalue weighted by molar-refractivity contribution is 6.04. The number of carboxylic acid groups (broad SMARTS) is 1. The molecule has 0 aliphatic carbocycles. The van der Waals surface area contributed by atoms with Gasteiger partial charge in [0.15, 0.2) is 0 Å². The number of carbonyl (C=O) groups is 1. The van der Waals surface area contributed by atoms with Crippen LogP contribution in [0.5, 0.6) is 0 Å². The molecule has 0 aliphatic heterocycles. The Labute approximate surface area is 140 Å². The number of amides is 1. The van der Waals surface area contributed by atoms with Crippen molar-refractivity contribution in [3.63, 3.8) is 0 Å². The topological polar surface area (TPSA) is 112 Å². The van der Waals surface area contributed by atoms with Gasteiger partial charge in [-0.05, 0) is 31.0 Å². The van der Waals surface area contributed by atoms with Gasteiger partial charge in [-0.1, -0.05) is 13.3 Å². The van der Waals surface area contributed by atoms with E-state index in [0.717, 1.165) is 24.1 Å². The molecule has 0 unspecified atom stereocenters. The van der Waals surface area contributed by atoms with Gasteiger partial charge in [0.1, 0.15) is 6.33 Å². The molecule has 2 aromatic rings. The third-order valence-corrected chi connectivity index (χ3v) is 3.38. The molecule has 2 aromatic heterocycles. The first kappa shape index (κ1) is 17.4. The van der Waals surface area contributed by atoms with E-state index in [1.807, 2.05) is 19.1 Å². The SMILES string of the molecule is CCCCC(=NC(=O)O)c1cc(-c2ccnc(CC=N)c2)ncn1. The summed E-state index contributed by atoms with van der Waals surface area (Å²) in [5.74, 6) is 0. The van der Waals surface area contributed by atoms with E-state index in [9.17, 15) is 4.79 Å². The molecule has 0 spiro atoms. The normalized spacial score (nSPS) is 11.3. The molecule has 2 N–H and O–H groups in total. The highest BCUT2D eigenvalue weighted by Crippen LogP contribution is 2.18. The molecule has 0 bridgehead atoms. The lowest BCUT2D eigenvalue weighted by atomic mass is 10.1. The van der Waals surface area contributed by atoms with Crippen molar-refractivity contribution in [1.82, 2.24) is 15.0 Å². The van der Waals surface area contributed by atoms with Crippen LogP contribution in [0.25, 0.3) is 11.3 Å². The number of hydrogen-bond donors (Lipinski definition) is 2. The van der Waals surface area contributed by atoms with E-state index in [-0.39, 0.29) is 0 Å². The number of unbranched alkanes of at least 4 members (excludes halogenated alkanes) is 1. The Bertz CT molecular complexity index is 758. The van der Waals surface area contributed by atoms with Crippen molar-refractivity contribution in [1.29, 1.82) is 5.41 Å². The van der Waals surface area contributed by atoms with E-state index in [4.69, 9.17) is 10.5 Å². The maximum Gasteiger partial charge on any atom is 0.431 e. The predicted octanol–water partition coefficient (Wildman–Crippen LogP) is 3.39. The van der Waals surface area contributed by atoms with Gasteiger partial charge in [0.2, 0.25) is 0 Å². The molecule has 24 heavy (non-hydrogen) atoms. The Balaban J connectivity index is 2.38. The molecule has 1 amide bonds. The standard InChI is InChI=1S/C17H19N5O2/c1-2-3-4-14(22-17(23)24)16-10-15(20-11-21-16)12-6-8-19-13(9-12)5-7-18/h6-11,18H,2-5H2,1H3,(H,23,24). The Kier molecular flexibility index (Phi) is 6.24. The van der Waals surface area contributed by atoms with Crippen molar-refractivity contribution < 1.29 is 9.90 Å². The Hall–Kier alpha value is -2.96. The minimum Gasteiger partial charge on any atom is -0.463 e. The van der Waals surface area contributed by atoms with Gasteiger partial charge in [0.25, 0.3) is 0 Å². The minimum atomic E-state index is -1.22. The molecule has 0 atom stereocenters. The predicted molar refractivity (Wildman–Crippen MR) is 91.8 cm³/mol. The zero-order valence-corrected chi connectivity index (χ0v) is 13.4. The highest BCUT2D eigenvalue weighted by atomic mass is 16.4. The first-order chi connectivity index (χ1) is 11.6. The monoisotopic (exact) mass is 325 g/mol. The van der Waals surface area contributed by atoms with Crippen LogP contribution in [0, 0.1) is 5.41 Å². The smallest absolute Gasteiger partial charge is 0.431 e. The van der Waals surface area contributed by atoms with Crippen LogP contribution in [-0.2, 0) is 6.42 Å². The van der Waals surface area contributed by atoms with Crippen LogP contribution >= 0.6 is 0 Å². The molecule has 0 fully saturated rings. The number of pyridine rings is 1. The van der Waals surface area contributed by atoms with Gasteiger partial charge < -0.3 is 10.5 Å². The van der Waals surface area contributed by atoms with E-state index in [2.05, 4.69) is 19.9 Å². The lowest BCUT2D eigenvalue weighted by Crippen LogP contribution is -2.07.